The van der Waals surface area contributed by atoms with Gasteiger partial charge in [-0.2, -0.15) is 0 Å². The highest BCUT2D eigenvalue weighted by Gasteiger charge is 2.26. The summed E-state index contributed by atoms with van der Waals surface area (Å²) in [5.74, 6) is -0.291. The Labute approximate surface area is 74.0 Å². The number of carbonyl (C=O) groups is 1. The maximum absolute atomic E-state index is 10.6. The largest absolute Gasteiger partial charge is 0.480 e. The van der Waals surface area contributed by atoms with E-state index >= 15 is 0 Å². The first kappa shape index (κ1) is 11.4. The van der Waals surface area contributed by atoms with Gasteiger partial charge in [0.1, 0.15) is 5.54 Å². The molecule has 0 amide bonds. The van der Waals surface area contributed by atoms with Crippen molar-refractivity contribution in [3.63, 3.8) is 0 Å². The van der Waals surface area contributed by atoms with Crippen molar-refractivity contribution in [2.75, 3.05) is 0 Å². The summed E-state index contributed by atoms with van der Waals surface area (Å²) in [6.07, 6.45) is 2.48. The number of carboxylic acid groups (broad SMARTS) is 1. The van der Waals surface area contributed by atoms with E-state index in [1.807, 2.05) is 0 Å². The van der Waals surface area contributed by atoms with Crippen LogP contribution >= 0.6 is 0 Å². The number of carboxylic acids is 1. The highest BCUT2D eigenvalue weighted by Crippen LogP contribution is 2.14. The molecule has 0 heterocycles. The molecule has 3 N–H and O–H groups in total. The molecule has 0 fully saturated rings. The topological polar surface area (TPSA) is 63.3 Å². The first-order valence-corrected chi connectivity index (χ1v) is 4.38. The lowest BCUT2D eigenvalue weighted by molar-refractivity contribution is -0.142. The zero-order valence-corrected chi connectivity index (χ0v) is 8.13. The number of hydrogen-bond donors (Lipinski definition) is 2. The van der Waals surface area contributed by atoms with Gasteiger partial charge in [-0.1, -0.05) is 26.7 Å². The Balaban J connectivity index is 3.69. The minimum absolute atomic E-state index is 0.556. The first-order valence-electron chi connectivity index (χ1n) is 4.38. The third kappa shape index (κ3) is 4.34. The standard InChI is InChI=1S/C9H19NO2/c1-7(2)5-4-6-9(3,10)8(11)12/h7H,4-6,10H2,1-3H3,(H,11,12). The highest BCUT2D eigenvalue weighted by atomic mass is 16.4. The summed E-state index contributed by atoms with van der Waals surface area (Å²) in [7, 11) is 0. The van der Waals surface area contributed by atoms with Crippen LogP contribution in [0.25, 0.3) is 0 Å². The van der Waals surface area contributed by atoms with Crippen LogP contribution in [-0.4, -0.2) is 16.6 Å². The second kappa shape index (κ2) is 4.45. The van der Waals surface area contributed by atoms with E-state index in [1.54, 1.807) is 6.92 Å². The van der Waals surface area contributed by atoms with Gasteiger partial charge in [0.15, 0.2) is 0 Å². The number of nitrogens with two attached hydrogens (primary N) is 1. The first-order chi connectivity index (χ1) is 5.36. The van der Waals surface area contributed by atoms with Gasteiger partial charge in [-0.05, 0) is 19.3 Å². The lowest BCUT2D eigenvalue weighted by Crippen LogP contribution is -2.44. The molecule has 0 aromatic heterocycles. The quantitative estimate of drug-likeness (QED) is 0.664. The summed E-state index contributed by atoms with van der Waals surface area (Å²) in [6.45, 7) is 5.80. The van der Waals surface area contributed by atoms with Gasteiger partial charge >= 0.3 is 5.97 Å². The van der Waals surface area contributed by atoms with E-state index in [2.05, 4.69) is 13.8 Å². The lowest BCUT2D eigenvalue weighted by atomic mass is 9.94. The molecule has 0 rings (SSSR count). The van der Waals surface area contributed by atoms with Crippen LogP contribution < -0.4 is 5.73 Å². The molecule has 0 bridgehead atoms. The van der Waals surface area contributed by atoms with Gasteiger partial charge in [0.05, 0.1) is 0 Å². The zero-order chi connectivity index (χ0) is 9.78. The Hall–Kier alpha value is -0.570. The molecule has 0 aliphatic carbocycles. The van der Waals surface area contributed by atoms with Gasteiger partial charge in [-0.3, -0.25) is 4.79 Å². The van der Waals surface area contributed by atoms with Crippen molar-refractivity contribution in [1.82, 2.24) is 0 Å². The molecule has 0 aliphatic rings. The van der Waals surface area contributed by atoms with Crippen molar-refractivity contribution >= 4 is 5.97 Å². The predicted molar refractivity (Wildman–Crippen MR) is 48.9 cm³/mol. The van der Waals surface area contributed by atoms with Crippen molar-refractivity contribution < 1.29 is 9.90 Å². The van der Waals surface area contributed by atoms with Crippen molar-refractivity contribution in [3.8, 4) is 0 Å². The molecule has 0 aromatic rings. The number of aliphatic carboxylic acids is 1. The van der Waals surface area contributed by atoms with Crippen LogP contribution in [0.3, 0.4) is 0 Å². The Morgan fingerprint density at radius 3 is 2.42 bits per heavy atom. The molecule has 0 radical (unpaired) electrons. The summed E-state index contributed by atoms with van der Waals surface area (Å²) in [4.78, 5) is 10.6. The second-order valence-electron chi connectivity index (χ2n) is 4.01. The molecule has 3 nitrogen and oxygen atoms in total. The minimum Gasteiger partial charge on any atom is -0.480 e. The average molecular weight is 173 g/mol. The normalized spacial score (nSPS) is 16.1. The van der Waals surface area contributed by atoms with Crippen LogP contribution in [0.5, 0.6) is 0 Å². The highest BCUT2D eigenvalue weighted by molar-refractivity contribution is 5.77. The molecule has 12 heavy (non-hydrogen) atoms. The molecule has 3 heteroatoms. The molecule has 0 saturated carbocycles. The monoisotopic (exact) mass is 173 g/mol. The van der Waals surface area contributed by atoms with Crippen molar-refractivity contribution in [3.05, 3.63) is 0 Å². The maximum atomic E-state index is 10.6. The fourth-order valence-electron chi connectivity index (χ4n) is 0.984. The smallest absolute Gasteiger partial charge is 0.323 e. The van der Waals surface area contributed by atoms with Crippen LogP contribution in [0.4, 0.5) is 0 Å². The number of rotatable bonds is 5. The molecular formula is C9H19NO2. The van der Waals surface area contributed by atoms with Gasteiger partial charge in [-0.15, -0.1) is 0 Å². The van der Waals surface area contributed by atoms with Crippen LogP contribution in [0.15, 0.2) is 0 Å². The molecule has 72 valence electrons. The Morgan fingerprint density at radius 1 is 1.58 bits per heavy atom. The van der Waals surface area contributed by atoms with E-state index in [9.17, 15) is 4.79 Å². The van der Waals surface area contributed by atoms with E-state index in [4.69, 9.17) is 10.8 Å². The molecule has 0 aliphatic heterocycles. The molecule has 0 aromatic carbocycles. The van der Waals surface area contributed by atoms with Crippen molar-refractivity contribution in [2.24, 2.45) is 11.7 Å². The molecule has 1 unspecified atom stereocenters. The summed E-state index contributed by atoms with van der Waals surface area (Å²) < 4.78 is 0. The second-order valence-corrected chi connectivity index (χ2v) is 4.01. The fourth-order valence-corrected chi connectivity index (χ4v) is 0.984. The Morgan fingerprint density at radius 2 is 2.08 bits per heavy atom. The predicted octanol–water partition coefficient (Wildman–Crippen LogP) is 1.61. The average Bonchev–Trinajstić information content (AvgIpc) is 1.85. The van der Waals surface area contributed by atoms with Crippen LogP contribution in [0.2, 0.25) is 0 Å². The summed E-state index contributed by atoms with van der Waals surface area (Å²) in [5, 5.41) is 8.68. The third-order valence-corrected chi connectivity index (χ3v) is 1.97. The third-order valence-electron chi connectivity index (χ3n) is 1.97. The van der Waals surface area contributed by atoms with Gasteiger partial charge in [0, 0.05) is 0 Å². The lowest BCUT2D eigenvalue weighted by Gasteiger charge is -2.19. The SMILES string of the molecule is CC(C)CCCC(C)(N)C(=O)O. The van der Waals surface area contributed by atoms with E-state index in [1.165, 1.54) is 0 Å². The van der Waals surface area contributed by atoms with E-state index in [0.717, 1.165) is 12.8 Å². The van der Waals surface area contributed by atoms with Crippen LogP contribution in [0, 0.1) is 5.92 Å². The molecule has 0 saturated heterocycles. The maximum Gasteiger partial charge on any atom is 0.323 e. The molecule has 1 atom stereocenters. The Kier molecular flexibility index (Phi) is 4.24. The van der Waals surface area contributed by atoms with E-state index in [-0.39, 0.29) is 0 Å². The van der Waals surface area contributed by atoms with Gasteiger partial charge in [0.25, 0.3) is 0 Å². The summed E-state index contributed by atoms with van der Waals surface area (Å²) in [6, 6.07) is 0. The van der Waals surface area contributed by atoms with E-state index < -0.39 is 11.5 Å². The fraction of sp³-hybridized carbons (Fsp3) is 0.889. The van der Waals surface area contributed by atoms with Crippen LogP contribution in [-0.2, 0) is 4.79 Å². The molecular weight excluding hydrogens is 154 g/mol. The summed E-state index contributed by atoms with van der Waals surface area (Å²) in [5.41, 5.74) is 4.50. The van der Waals surface area contributed by atoms with Gasteiger partial charge in [0.2, 0.25) is 0 Å². The van der Waals surface area contributed by atoms with Gasteiger partial charge < -0.3 is 10.8 Å². The van der Waals surface area contributed by atoms with E-state index in [0.29, 0.717) is 12.3 Å². The summed E-state index contributed by atoms with van der Waals surface area (Å²) >= 11 is 0. The molecule has 0 spiro atoms. The zero-order valence-electron chi connectivity index (χ0n) is 8.13. The van der Waals surface area contributed by atoms with Crippen molar-refractivity contribution in [1.29, 1.82) is 0 Å². The number of hydrogen-bond acceptors (Lipinski definition) is 2. The Bertz CT molecular complexity index is 153. The van der Waals surface area contributed by atoms with Gasteiger partial charge in [-0.25, -0.2) is 0 Å². The van der Waals surface area contributed by atoms with Crippen LogP contribution in [0.1, 0.15) is 40.0 Å². The van der Waals surface area contributed by atoms with Crippen molar-refractivity contribution in [2.45, 2.75) is 45.6 Å². The minimum atomic E-state index is -1.05.